The summed E-state index contributed by atoms with van der Waals surface area (Å²) in [5.41, 5.74) is 1.11. The number of guanidine groups is 1. The Labute approximate surface area is 181 Å². The SMILES string of the molecule is CN=C(NCc1cccc(OC)c1OC1CCCC1)NC1CCN(C2CCCC2)C1. The Balaban J connectivity index is 1.33. The van der Waals surface area contributed by atoms with Gasteiger partial charge in [0.2, 0.25) is 0 Å². The van der Waals surface area contributed by atoms with Crippen molar-refractivity contribution in [2.45, 2.75) is 82.5 Å². The number of likely N-dealkylation sites (tertiary alicyclic amines) is 1. The lowest BCUT2D eigenvalue weighted by atomic mass is 10.1. The molecule has 2 saturated carbocycles. The van der Waals surface area contributed by atoms with Gasteiger partial charge < -0.3 is 20.1 Å². The second-order valence-electron chi connectivity index (χ2n) is 8.96. The lowest BCUT2D eigenvalue weighted by Gasteiger charge is -2.24. The van der Waals surface area contributed by atoms with Crippen LogP contribution in [0.4, 0.5) is 0 Å². The molecule has 2 aliphatic carbocycles. The van der Waals surface area contributed by atoms with Crippen LogP contribution in [0.3, 0.4) is 0 Å². The maximum absolute atomic E-state index is 6.37. The average Bonchev–Trinajstić information content (AvgIpc) is 3.54. The zero-order valence-corrected chi connectivity index (χ0v) is 18.7. The van der Waals surface area contributed by atoms with E-state index in [1.54, 1.807) is 7.11 Å². The van der Waals surface area contributed by atoms with Gasteiger partial charge >= 0.3 is 0 Å². The van der Waals surface area contributed by atoms with E-state index in [2.05, 4.69) is 26.6 Å². The van der Waals surface area contributed by atoms with Gasteiger partial charge in [-0.3, -0.25) is 9.89 Å². The van der Waals surface area contributed by atoms with E-state index in [0.717, 1.165) is 48.5 Å². The molecule has 1 heterocycles. The third-order valence-corrected chi connectivity index (χ3v) is 6.94. The van der Waals surface area contributed by atoms with Crippen LogP contribution < -0.4 is 20.1 Å². The second-order valence-corrected chi connectivity index (χ2v) is 8.96. The molecule has 3 aliphatic rings. The van der Waals surface area contributed by atoms with E-state index in [1.165, 1.54) is 51.5 Å². The first-order chi connectivity index (χ1) is 14.8. The van der Waals surface area contributed by atoms with Crippen LogP contribution in [0.1, 0.15) is 63.4 Å². The number of ether oxygens (including phenoxy) is 2. The summed E-state index contributed by atoms with van der Waals surface area (Å²) < 4.78 is 12.0. The second kappa shape index (κ2) is 10.4. The standard InChI is InChI=1S/C24H38N4O2/c1-25-24(27-19-14-15-28(17-19)20-9-3-4-10-20)26-16-18-8-7-13-22(29-2)23(18)30-21-11-5-6-12-21/h7-8,13,19-21H,3-6,9-12,14-17H2,1-2H3,(H2,25,26,27). The smallest absolute Gasteiger partial charge is 0.191 e. The maximum Gasteiger partial charge on any atom is 0.191 e. The molecule has 0 spiro atoms. The van der Waals surface area contributed by atoms with E-state index in [0.29, 0.717) is 18.7 Å². The van der Waals surface area contributed by atoms with Gasteiger partial charge in [0.05, 0.1) is 13.2 Å². The minimum absolute atomic E-state index is 0.303. The minimum Gasteiger partial charge on any atom is -0.493 e. The summed E-state index contributed by atoms with van der Waals surface area (Å²) in [6, 6.07) is 7.40. The zero-order chi connectivity index (χ0) is 20.8. The summed E-state index contributed by atoms with van der Waals surface area (Å²) in [6.07, 6.45) is 11.8. The number of aliphatic imine (C=N–C) groups is 1. The highest BCUT2D eigenvalue weighted by molar-refractivity contribution is 5.80. The van der Waals surface area contributed by atoms with Crippen LogP contribution in [0.15, 0.2) is 23.2 Å². The highest BCUT2D eigenvalue weighted by Gasteiger charge is 2.30. The molecule has 0 radical (unpaired) electrons. The van der Waals surface area contributed by atoms with Crippen molar-refractivity contribution in [1.29, 1.82) is 0 Å². The van der Waals surface area contributed by atoms with Crippen molar-refractivity contribution < 1.29 is 9.47 Å². The Kier molecular flexibility index (Phi) is 7.37. The summed E-state index contributed by atoms with van der Waals surface area (Å²) in [5, 5.41) is 7.13. The molecule has 2 N–H and O–H groups in total. The van der Waals surface area contributed by atoms with Crippen LogP contribution in [0, 0.1) is 0 Å². The monoisotopic (exact) mass is 414 g/mol. The Bertz CT molecular complexity index is 711. The number of benzene rings is 1. The van der Waals surface area contributed by atoms with Gasteiger partial charge in [-0.1, -0.05) is 25.0 Å². The van der Waals surface area contributed by atoms with Crippen molar-refractivity contribution in [3.8, 4) is 11.5 Å². The van der Waals surface area contributed by atoms with Gasteiger partial charge in [0.25, 0.3) is 0 Å². The molecule has 1 aromatic rings. The third-order valence-electron chi connectivity index (χ3n) is 6.94. The maximum atomic E-state index is 6.37. The van der Waals surface area contributed by atoms with Crippen LogP contribution in [-0.4, -0.2) is 56.3 Å². The number of para-hydroxylation sites is 1. The van der Waals surface area contributed by atoms with E-state index in [1.807, 2.05) is 19.2 Å². The van der Waals surface area contributed by atoms with Crippen LogP contribution in [-0.2, 0) is 6.54 Å². The molecule has 166 valence electrons. The first-order valence-corrected chi connectivity index (χ1v) is 11.8. The Morgan fingerprint density at radius 2 is 1.87 bits per heavy atom. The molecule has 0 amide bonds. The molecule has 1 aliphatic heterocycles. The van der Waals surface area contributed by atoms with E-state index >= 15 is 0 Å². The Morgan fingerprint density at radius 3 is 2.60 bits per heavy atom. The fourth-order valence-corrected chi connectivity index (χ4v) is 5.24. The van der Waals surface area contributed by atoms with Gasteiger partial charge in [-0.25, -0.2) is 0 Å². The van der Waals surface area contributed by atoms with Crippen molar-refractivity contribution in [3.63, 3.8) is 0 Å². The van der Waals surface area contributed by atoms with E-state index < -0.39 is 0 Å². The van der Waals surface area contributed by atoms with Gasteiger partial charge in [0.15, 0.2) is 17.5 Å². The van der Waals surface area contributed by atoms with Crippen molar-refractivity contribution in [1.82, 2.24) is 15.5 Å². The van der Waals surface area contributed by atoms with Gasteiger partial charge in [-0.2, -0.15) is 0 Å². The summed E-state index contributed by atoms with van der Waals surface area (Å²) in [5.74, 6) is 2.55. The van der Waals surface area contributed by atoms with E-state index in [9.17, 15) is 0 Å². The Hall–Kier alpha value is -1.95. The molecule has 30 heavy (non-hydrogen) atoms. The first-order valence-electron chi connectivity index (χ1n) is 11.8. The lowest BCUT2D eigenvalue weighted by Crippen LogP contribution is -2.45. The largest absolute Gasteiger partial charge is 0.493 e. The molecule has 1 aromatic carbocycles. The van der Waals surface area contributed by atoms with Gasteiger partial charge in [0.1, 0.15) is 0 Å². The number of rotatable bonds is 7. The van der Waals surface area contributed by atoms with E-state index in [-0.39, 0.29) is 0 Å². The van der Waals surface area contributed by atoms with Crippen molar-refractivity contribution >= 4 is 5.96 Å². The molecule has 6 nitrogen and oxygen atoms in total. The lowest BCUT2D eigenvalue weighted by molar-refractivity contribution is 0.198. The predicted molar refractivity (Wildman–Crippen MR) is 121 cm³/mol. The highest BCUT2D eigenvalue weighted by atomic mass is 16.5. The van der Waals surface area contributed by atoms with Crippen LogP contribution in [0.25, 0.3) is 0 Å². The summed E-state index contributed by atoms with van der Waals surface area (Å²) in [4.78, 5) is 7.14. The Morgan fingerprint density at radius 1 is 1.10 bits per heavy atom. The summed E-state index contributed by atoms with van der Waals surface area (Å²) >= 11 is 0. The highest BCUT2D eigenvalue weighted by Crippen LogP contribution is 2.35. The molecular formula is C24H38N4O2. The van der Waals surface area contributed by atoms with Crippen molar-refractivity contribution in [2.24, 2.45) is 4.99 Å². The van der Waals surface area contributed by atoms with Crippen LogP contribution in [0.5, 0.6) is 11.5 Å². The number of hydrogen-bond donors (Lipinski definition) is 2. The van der Waals surface area contributed by atoms with Crippen LogP contribution in [0.2, 0.25) is 0 Å². The molecule has 4 rings (SSSR count). The molecule has 6 heteroatoms. The predicted octanol–water partition coefficient (Wildman–Crippen LogP) is 3.70. The normalized spacial score (nSPS) is 23.8. The number of nitrogens with zero attached hydrogens (tertiary/aromatic N) is 2. The number of methoxy groups -OCH3 is 1. The molecule has 0 bridgehead atoms. The summed E-state index contributed by atoms with van der Waals surface area (Å²) in [6.45, 7) is 2.99. The average molecular weight is 415 g/mol. The van der Waals surface area contributed by atoms with Gasteiger partial charge in [-0.15, -0.1) is 0 Å². The number of nitrogens with one attached hydrogen (secondary N) is 2. The topological polar surface area (TPSA) is 58.1 Å². The molecule has 1 unspecified atom stereocenters. The third kappa shape index (κ3) is 5.20. The minimum atomic E-state index is 0.303. The number of hydrogen-bond acceptors (Lipinski definition) is 4. The molecule has 1 atom stereocenters. The molecule has 0 aromatic heterocycles. The van der Waals surface area contributed by atoms with Crippen molar-refractivity contribution in [2.75, 3.05) is 27.2 Å². The van der Waals surface area contributed by atoms with E-state index in [4.69, 9.17) is 9.47 Å². The zero-order valence-electron chi connectivity index (χ0n) is 18.7. The first kappa shape index (κ1) is 21.3. The van der Waals surface area contributed by atoms with Crippen LogP contribution >= 0.6 is 0 Å². The van der Waals surface area contributed by atoms with Gasteiger partial charge in [0, 0.05) is 44.3 Å². The fraction of sp³-hybridized carbons (Fsp3) is 0.708. The molecule has 1 saturated heterocycles. The van der Waals surface area contributed by atoms with Gasteiger partial charge in [-0.05, 0) is 51.0 Å². The quantitative estimate of drug-likeness (QED) is 0.526. The summed E-state index contributed by atoms with van der Waals surface area (Å²) in [7, 11) is 3.56. The fourth-order valence-electron chi connectivity index (χ4n) is 5.24. The van der Waals surface area contributed by atoms with Crippen molar-refractivity contribution in [3.05, 3.63) is 23.8 Å². The molecular weight excluding hydrogens is 376 g/mol. The molecule has 3 fully saturated rings.